The van der Waals surface area contributed by atoms with E-state index < -0.39 is 0 Å². The fourth-order valence-corrected chi connectivity index (χ4v) is 2.59. The minimum atomic E-state index is -0.313. The van der Waals surface area contributed by atoms with Crippen molar-refractivity contribution in [1.29, 1.82) is 0 Å². The smallest absolute Gasteiger partial charge is 0.259 e. The Morgan fingerprint density at radius 2 is 1.79 bits per heavy atom. The van der Waals surface area contributed by atoms with Crippen molar-refractivity contribution in [2.75, 3.05) is 40.2 Å². The zero-order chi connectivity index (χ0) is 21.4. The molecular weight excluding hydrogens is 396 g/mol. The second kappa shape index (κ2) is 10.4. The van der Waals surface area contributed by atoms with E-state index in [0.29, 0.717) is 33.5 Å². The summed E-state index contributed by atoms with van der Waals surface area (Å²) in [7, 11) is 6.34. The minimum Gasteiger partial charge on any atom is -0.493 e. The van der Waals surface area contributed by atoms with E-state index in [-0.39, 0.29) is 18.4 Å². The molecule has 0 radical (unpaired) electrons. The van der Waals surface area contributed by atoms with Gasteiger partial charge in [0.25, 0.3) is 5.91 Å². The van der Waals surface area contributed by atoms with Crippen molar-refractivity contribution in [3.05, 3.63) is 53.1 Å². The van der Waals surface area contributed by atoms with Crippen LogP contribution in [0, 0.1) is 0 Å². The SMILES string of the molecule is COc1cc(/C=C/C(=O)Nc2ccc(OCC(=O)N(C)C)cc2)cc(Cl)c1OC. The van der Waals surface area contributed by atoms with Crippen LogP contribution < -0.4 is 19.5 Å². The van der Waals surface area contributed by atoms with Crippen LogP contribution in [-0.2, 0) is 9.59 Å². The average molecular weight is 419 g/mol. The maximum atomic E-state index is 12.2. The lowest BCUT2D eigenvalue weighted by Crippen LogP contribution is -2.27. The van der Waals surface area contributed by atoms with Gasteiger partial charge < -0.3 is 24.4 Å². The summed E-state index contributed by atoms with van der Waals surface area (Å²) in [5.74, 6) is 0.998. The van der Waals surface area contributed by atoms with Crippen LogP contribution in [0.4, 0.5) is 5.69 Å². The van der Waals surface area contributed by atoms with Crippen LogP contribution in [0.15, 0.2) is 42.5 Å². The highest BCUT2D eigenvalue weighted by Gasteiger charge is 2.10. The van der Waals surface area contributed by atoms with Gasteiger partial charge in [-0.1, -0.05) is 11.6 Å². The Balaban J connectivity index is 1.97. The molecule has 2 aromatic rings. The number of benzene rings is 2. The highest BCUT2D eigenvalue weighted by Crippen LogP contribution is 2.36. The molecule has 0 aliphatic carbocycles. The van der Waals surface area contributed by atoms with Gasteiger partial charge in [-0.25, -0.2) is 0 Å². The van der Waals surface area contributed by atoms with Gasteiger partial charge >= 0.3 is 0 Å². The van der Waals surface area contributed by atoms with E-state index in [9.17, 15) is 9.59 Å². The van der Waals surface area contributed by atoms with E-state index in [0.717, 1.165) is 0 Å². The van der Waals surface area contributed by atoms with Crippen molar-refractivity contribution in [3.8, 4) is 17.2 Å². The number of hydrogen-bond donors (Lipinski definition) is 1. The van der Waals surface area contributed by atoms with Crippen molar-refractivity contribution in [2.45, 2.75) is 0 Å². The fourth-order valence-electron chi connectivity index (χ4n) is 2.30. The number of nitrogens with zero attached hydrogens (tertiary/aromatic N) is 1. The Hall–Kier alpha value is -3.19. The molecule has 0 aromatic heterocycles. The van der Waals surface area contributed by atoms with Crippen molar-refractivity contribution in [2.24, 2.45) is 0 Å². The summed E-state index contributed by atoms with van der Waals surface area (Å²) in [5, 5.41) is 3.13. The van der Waals surface area contributed by atoms with Gasteiger partial charge in [0.15, 0.2) is 18.1 Å². The number of carbonyl (C=O) groups is 2. The standard InChI is InChI=1S/C21H23ClN2O5/c1-24(2)20(26)13-29-16-8-6-15(7-9-16)23-19(25)10-5-14-11-17(22)21(28-4)18(12-14)27-3/h5-12H,13H2,1-4H3,(H,23,25)/b10-5+. The summed E-state index contributed by atoms with van der Waals surface area (Å²) in [6.45, 7) is -0.0463. The van der Waals surface area contributed by atoms with E-state index in [4.69, 9.17) is 25.8 Å². The van der Waals surface area contributed by atoms with E-state index in [2.05, 4.69) is 5.32 Å². The van der Waals surface area contributed by atoms with Gasteiger partial charge in [-0.2, -0.15) is 0 Å². The van der Waals surface area contributed by atoms with Crippen LogP contribution in [-0.4, -0.2) is 51.6 Å². The maximum Gasteiger partial charge on any atom is 0.259 e. The largest absolute Gasteiger partial charge is 0.493 e. The van der Waals surface area contributed by atoms with E-state index in [1.165, 1.54) is 25.2 Å². The Kier molecular flexibility index (Phi) is 7.91. The summed E-state index contributed by atoms with van der Waals surface area (Å²) in [6.07, 6.45) is 3.01. The molecule has 29 heavy (non-hydrogen) atoms. The van der Waals surface area contributed by atoms with E-state index in [1.807, 2.05) is 0 Å². The second-order valence-corrected chi connectivity index (χ2v) is 6.57. The number of carbonyl (C=O) groups excluding carboxylic acids is 2. The zero-order valence-electron chi connectivity index (χ0n) is 16.7. The molecule has 0 spiro atoms. The molecule has 0 saturated heterocycles. The molecule has 0 saturated carbocycles. The highest BCUT2D eigenvalue weighted by molar-refractivity contribution is 6.32. The molecule has 7 nitrogen and oxygen atoms in total. The van der Waals surface area contributed by atoms with Gasteiger partial charge in [0.1, 0.15) is 5.75 Å². The summed E-state index contributed by atoms with van der Waals surface area (Å²) in [5.41, 5.74) is 1.29. The Labute approximate surface area is 174 Å². The number of halogens is 1. The van der Waals surface area contributed by atoms with Gasteiger partial charge in [0, 0.05) is 25.9 Å². The Morgan fingerprint density at radius 3 is 2.38 bits per heavy atom. The number of methoxy groups -OCH3 is 2. The second-order valence-electron chi connectivity index (χ2n) is 6.16. The lowest BCUT2D eigenvalue weighted by Gasteiger charge is -2.11. The molecule has 0 aliphatic rings. The molecule has 0 bridgehead atoms. The van der Waals surface area contributed by atoms with Gasteiger partial charge in [-0.15, -0.1) is 0 Å². The normalized spacial score (nSPS) is 10.5. The average Bonchev–Trinajstić information content (AvgIpc) is 2.70. The van der Waals surface area contributed by atoms with E-state index >= 15 is 0 Å². The lowest BCUT2D eigenvalue weighted by atomic mass is 10.2. The monoisotopic (exact) mass is 418 g/mol. The van der Waals surface area contributed by atoms with Crippen LogP contribution in [0.2, 0.25) is 5.02 Å². The topological polar surface area (TPSA) is 77.1 Å². The first kappa shape index (κ1) is 22.1. The van der Waals surface area contributed by atoms with Crippen LogP contribution in [0.1, 0.15) is 5.56 Å². The predicted octanol–water partition coefficient (Wildman–Crippen LogP) is 3.48. The highest BCUT2D eigenvalue weighted by atomic mass is 35.5. The van der Waals surface area contributed by atoms with Crippen molar-refractivity contribution in [3.63, 3.8) is 0 Å². The zero-order valence-corrected chi connectivity index (χ0v) is 17.4. The number of hydrogen-bond acceptors (Lipinski definition) is 5. The Bertz CT molecular complexity index is 895. The third-order valence-electron chi connectivity index (χ3n) is 3.87. The molecule has 0 aliphatic heterocycles. The molecular formula is C21H23ClN2O5. The fraction of sp³-hybridized carbons (Fsp3) is 0.238. The quantitative estimate of drug-likeness (QED) is 0.664. The van der Waals surface area contributed by atoms with Gasteiger partial charge in [0.2, 0.25) is 5.91 Å². The van der Waals surface area contributed by atoms with Gasteiger partial charge in [-0.3, -0.25) is 9.59 Å². The Morgan fingerprint density at radius 1 is 1.10 bits per heavy atom. The first-order valence-corrected chi connectivity index (χ1v) is 9.05. The van der Waals surface area contributed by atoms with Crippen molar-refractivity contribution < 1.29 is 23.8 Å². The van der Waals surface area contributed by atoms with Gasteiger partial charge in [-0.05, 0) is 48.0 Å². The molecule has 0 heterocycles. The first-order chi connectivity index (χ1) is 13.8. The molecule has 8 heteroatoms. The molecule has 0 atom stereocenters. The summed E-state index contributed by atoms with van der Waals surface area (Å²) < 4.78 is 15.8. The van der Waals surface area contributed by atoms with Crippen LogP contribution in [0.25, 0.3) is 6.08 Å². The van der Waals surface area contributed by atoms with Crippen molar-refractivity contribution >= 4 is 35.2 Å². The van der Waals surface area contributed by atoms with Crippen LogP contribution >= 0.6 is 11.6 Å². The summed E-state index contributed by atoms with van der Waals surface area (Å²) >= 11 is 6.16. The molecule has 2 aromatic carbocycles. The number of anilines is 1. The molecule has 2 amide bonds. The molecule has 2 rings (SSSR count). The maximum absolute atomic E-state index is 12.2. The van der Waals surface area contributed by atoms with Crippen molar-refractivity contribution in [1.82, 2.24) is 4.90 Å². The third-order valence-corrected chi connectivity index (χ3v) is 4.15. The number of rotatable bonds is 8. The van der Waals surface area contributed by atoms with E-state index in [1.54, 1.807) is 56.6 Å². The number of nitrogens with one attached hydrogen (secondary N) is 1. The molecule has 154 valence electrons. The minimum absolute atomic E-state index is 0.0463. The molecule has 0 unspecified atom stereocenters. The van der Waals surface area contributed by atoms with Crippen LogP contribution in [0.5, 0.6) is 17.2 Å². The number of likely N-dealkylation sites (N-methyl/N-ethyl adjacent to an activating group) is 1. The number of amides is 2. The molecule has 0 fully saturated rings. The van der Waals surface area contributed by atoms with Gasteiger partial charge in [0.05, 0.1) is 19.2 Å². The summed E-state index contributed by atoms with van der Waals surface area (Å²) in [4.78, 5) is 25.1. The lowest BCUT2D eigenvalue weighted by molar-refractivity contribution is -0.130. The summed E-state index contributed by atoms with van der Waals surface area (Å²) in [6, 6.07) is 10.1. The molecule has 1 N–H and O–H groups in total. The third kappa shape index (κ3) is 6.43. The van der Waals surface area contributed by atoms with Crippen LogP contribution in [0.3, 0.4) is 0 Å². The number of ether oxygens (including phenoxy) is 3. The predicted molar refractivity (Wildman–Crippen MR) is 113 cm³/mol. The first-order valence-electron chi connectivity index (χ1n) is 8.67.